The number of alkyl halides is 2. The number of hydrogen-bond acceptors (Lipinski definition) is 5. The van der Waals surface area contributed by atoms with Gasteiger partial charge in [-0.3, -0.25) is 10.3 Å². The summed E-state index contributed by atoms with van der Waals surface area (Å²) in [7, 11) is 0. The Kier molecular flexibility index (Phi) is 5.67. The number of terminal acetylenes is 1. The van der Waals surface area contributed by atoms with Gasteiger partial charge in [0.05, 0.1) is 24.3 Å². The molecule has 3 aromatic rings. The van der Waals surface area contributed by atoms with Gasteiger partial charge in [-0.2, -0.15) is 0 Å². The lowest BCUT2D eigenvalue weighted by Gasteiger charge is -2.16. The first-order valence-electron chi connectivity index (χ1n) is 9.45. The number of urea groups is 1. The first-order valence-corrected chi connectivity index (χ1v) is 10.3. The van der Waals surface area contributed by atoms with Gasteiger partial charge in [-0.25, -0.2) is 18.6 Å². The number of aliphatic hydroxyl groups is 1. The first-order chi connectivity index (χ1) is 14.9. The van der Waals surface area contributed by atoms with E-state index >= 15 is 0 Å². The van der Waals surface area contributed by atoms with Crippen LogP contribution < -0.4 is 10.6 Å². The van der Waals surface area contributed by atoms with Gasteiger partial charge in [-0.15, -0.1) is 17.8 Å². The smallest absolute Gasteiger partial charge is 0.321 e. The SMILES string of the molecule is C#Cc1nc(NC(=O)N[C@@H](CO)c2ccc(-c3ccccc3C3CC3(F)F)cn2)cs1. The number of benzene rings is 1. The van der Waals surface area contributed by atoms with Crippen LogP contribution in [-0.4, -0.2) is 33.6 Å². The van der Waals surface area contributed by atoms with Crippen LogP contribution in [0, 0.1) is 12.3 Å². The highest BCUT2D eigenvalue weighted by Gasteiger charge is 2.58. The second-order valence-electron chi connectivity index (χ2n) is 7.09. The van der Waals surface area contributed by atoms with Crippen molar-refractivity contribution in [2.45, 2.75) is 24.3 Å². The summed E-state index contributed by atoms with van der Waals surface area (Å²) < 4.78 is 27.2. The van der Waals surface area contributed by atoms with Crippen LogP contribution in [-0.2, 0) is 0 Å². The summed E-state index contributed by atoms with van der Waals surface area (Å²) >= 11 is 1.22. The maximum Gasteiger partial charge on any atom is 0.321 e. The molecule has 2 amide bonds. The van der Waals surface area contributed by atoms with Crippen LogP contribution in [0.2, 0.25) is 0 Å². The highest BCUT2D eigenvalue weighted by atomic mass is 32.1. The summed E-state index contributed by atoms with van der Waals surface area (Å²) in [5.74, 6) is -0.754. The van der Waals surface area contributed by atoms with Crippen LogP contribution >= 0.6 is 11.3 Å². The molecule has 2 aromatic heterocycles. The molecule has 1 aliphatic rings. The van der Waals surface area contributed by atoms with Crippen molar-refractivity contribution in [3.63, 3.8) is 0 Å². The Hall–Kier alpha value is -3.35. The second-order valence-corrected chi connectivity index (χ2v) is 7.95. The van der Waals surface area contributed by atoms with Gasteiger partial charge in [0.25, 0.3) is 5.92 Å². The number of rotatable bonds is 6. The Morgan fingerprint density at radius 3 is 2.74 bits per heavy atom. The number of anilines is 1. The lowest BCUT2D eigenvalue weighted by atomic mass is 9.97. The van der Waals surface area contributed by atoms with Crippen LogP contribution in [0.5, 0.6) is 0 Å². The molecular formula is C22H18F2N4O2S. The van der Waals surface area contributed by atoms with Crippen LogP contribution in [0.15, 0.2) is 48.0 Å². The average Bonchev–Trinajstić information content (AvgIpc) is 3.18. The zero-order chi connectivity index (χ0) is 22.0. The summed E-state index contributed by atoms with van der Waals surface area (Å²) in [6, 6.07) is 9.09. The normalized spacial score (nSPS) is 17.4. The van der Waals surface area contributed by atoms with Crippen LogP contribution in [0.1, 0.15) is 34.6 Å². The van der Waals surface area contributed by atoms with E-state index < -0.39 is 23.9 Å². The van der Waals surface area contributed by atoms with Gasteiger partial charge >= 0.3 is 6.03 Å². The van der Waals surface area contributed by atoms with Gasteiger partial charge in [-0.05, 0) is 23.1 Å². The zero-order valence-electron chi connectivity index (χ0n) is 16.2. The van der Waals surface area contributed by atoms with Crippen molar-refractivity contribution >= 4 is 23.2 Å². The Bertz CT molecular complexity index is 1140. The monoisotopic (exact) mass is 440 g/mol. The third-order valence-corrected chi connectivity index (χ3v) is 5.75. The lowest BCUT2D eigenvalue weighted by Crippen LogP contribution is -2.34. The van der Waals surface area contributed by atoms with Gasteiger partial charge in [0.2, 0.25) is 0 Å². The summed E-state index contributed by atoms with van der Waals surface area (Å²) in [6.07, 6.45) is 6.66. The molecule has 9 heteroatoms. The van der Waals surface area contributed by atoms with Crippen molar-refractivity contribution in [3.05, 3.63) is 64.2 Å². The van der Waals surface area contributed by atoms with E-state index in [1.54, 1.807) is 48.0 Å². The maximum absolute atomic E-state index is 13.6. The molecule has 1 fully saturated rings. The summed E-state index contributed by atoms with van der Waals surface area (Å²) in [5.41, 5.74) is 2.40. The number of carbonyl (C=O) groups is 1. The Labute approximate surface area is 181 Å². The minimum atomic E-state index is -2.67. The standard InChI is InChI=1S/C22H18F2N4O2S/c1-2-20-27-19(12-31-20)28-21(30)26-18(11-29)17-8-7-13(10-25-17)14-5-3-4-6-15(14)16-9-22(16,23)24/h1,3-8,10,12,16,18,29H,9,11H2,(H2,26,28,30)/t16?,18-/m0/s1. The van der Waals surface area contributed by atoms with Crippen molar-refractivity contribution in [1.29, 1.82) is 0 Å². The van der Waals surface area contributed by atoms with E-state index in [0.29, 0.717) is 33.2 Å². The number of halogens is 2. The zero-order valence-corrected chi connectivity index (χ0v) is 17.0. The molecule has 3 N–H and O–H groups in total. The quantitative estimate of drug-likeness (QED) is 0.502. The van der Waals surface area contributed by atoms with E-state index in [0.717, 1.165) is 0 Å². The Balaban J connectivity index is 1.47. The van der Waals surface area contributed by atoms with Crippen LogP contribution in [0.3, 0.4) is 0 Å². The molecular weight excluding hydrogens is 422 g/mol. The van der Waals surface area contributed by atoms with Gasteiger partial charge in [0.15, 0.2) is 5.01 Å². The van der Waals surface area contributed by atoms with Crippen molar-refractivity contribution in [1.82, 2.24) is 15.3 Å². The predicted octanol–water partition coefficient (Wildman–Crippen LogP) is 4.16. The molecule has 0 saturated heterocycles. The van der Waals surface area contributed by atoms with Gasteiger partial charge in [0, 0.05) is 23.6 Å². The van der Waals surface area contributed by atoms with Gasteiger partial charge in [0.1, 0.15) is 5.82 Å². The van der Waals surface area contributed by atoms with Crippen LogP contribution in [0.25, 0.3) is 11.1 Å². The molecule has 6 nitrogen and oxygen atoms in total. The third-order valence-electron chi connectivity index (χ3n) is 4.97. The molecule has 1 unspecified atom stereocenters. The fourth-order valence-corrected chi connectivity index (χ4v) is 3.86. The molecule has 4 rings (SSSR count). The molecule has 0 radical (unpaired) electrons. The van der Waals surface area contributed by atoms with E-state index in [9.17, 15) is 18.7 Å². The number of pyridine rings is 1. The molecule has 2 heterocycles. The number of aliphatic hydroxyl groups excluding tert-OH is 1. The van der Waals surface area contributed by atoms with Crippen molar-refractivity contribution < 1.29 is 18.7 Å². The number of nitrogens with one attached hydrogen (secondary N) is 2. The number of thiazole rings is 1. The number of aromatic nitrogens is 2. The third kappa shape index (κ3) is 4.55. The fourth-order valence-electron chi connectivity index (χ4n) is 3.31. The Morgan fingerprint density at radius 1 is 1.35 bits per heavy atom. The molecule has 1 saturated carbocycles. The number of hydrogen-bond donors (Lipinski definition) is 3. The van der Waals surface area contributed by atoms with E-state index in [4.69, 9.17) is 6.42 Å². The molecule has 2 atom stereocenters. The largest absolute Gasteiger partial charge is 0.394 e. The molecule has 0 bridgehead atoms. The van der Waals surface area contributed by atoms with E-state index in [1.165, 1.54) is 11.3 Å². The summed E-state index contributed by atoms with van der Waals surface area (Å²) in [5, 5.41) is 16.9. The van der Waals surface area contributed by atoms with Gasteiger partial charge in [-0.1, -0.05) is 30.3 Å². The summed E-state index contributed by atoms with van der Waals surface area (Å²) in [4.78, 5) is 20.6. The van der Waals surface area contributed by atoms with Crippen molar-refractivity contribution in [3.8, 4) is 23.5 Å². The van der Waals surface area contributed by atoms with Gasteiger partial charge < -0.3 is 10.4 Å². The number of carbonyl (C=O) groups excluding carboxylic acids is 1. The van der Waals surface area contributed by atoms with Crippen LogP contribution in [0.4, 0.5) is 19.4 Å². The minimum Gasteiger partial charge on any atom is -0.394 e. The molecule has 1 aromatic carbocycles. The summed E-state index contributed by atoms with van der Waals surface area (Å²) in [6.45, 7) is -0.378. The van der Waals surface area contributed by atoms with E-state index in [2.05, 4.69) is 26.5 Å². The average molecular weight is 440 g/mol. The topological polar surface area (TPSA) is 87.1 Å². The highest BCUT2D eigenvalue weighted by Crippen LogP contribution is 2.57. The lowest BCUT2D eigenvalue weighted by molar-refractivity contribution is 0.112. The fraction of sp³-hybridized carbons (Fsp3) is 0.227. The maximum atomic E-state index is 13.6. The number of nitrogens with zero attached hydrogens (tertiary/aromatic N) is 2. The molecule has 1 aliphatic carbocycles. The molecule has 0 spiro atoms. The van der Waals surface area contributed by atoms with E-state index in [1.807, 2.05) is 0 Å². The Morgan fingerprint density at radius 2 is 2.13 bits per heavy atom. The highest BCUT2D eigenvalue weighted by molar-refractivity contribution is 7.10. The molecule has 158 valence electrons. The van der Waals surface area contributed by atoms with E-state index in [-0.39, 0.29) is 13.0 Å². The second kappa shape index (κ2) is 8.41. The first kappa shape index (κ1) is 20.9. The minimum absolute atomic E-state index is 0.150. The van der Waals surface area contributed by atoms with Crippen molar-refractivity contribution in [2.75, 3.05) is 11.9 Å². The number of amides is 2. The predicted molar refractivity (Wildman–Crippen MR) is 114 cm³/mol. The molecule has 31 heavy (non-hydrogen) atoms. The van der Waals surface area contributed by atoms with Crippen molar-refractivity contribution in [2.24, 2.45) is 0 Å². The molecule has 0 aliphatic heterocycles.